The van der Waals surface area contributed by atoms with Crippen LogP contribution in [-0.4, -0.2) is 23.5 Å². The molecule has 0 amide bonds. The summed E-state index contributed by atoms with van der Waals surface area (Å²) in [4.78, 5) is 25.4. The van der Waals surface area contributed by atoms with Crippen LogP contribution in [0, 0.1) is 0 Å². The highest BCUT2D eigenvalue weighted by atomic mass is 16.6. The maximum atomic E-state index is 12.7. The lowest BCUT2D eigenvalue weighted by atomic mass is 9.89. The van der Waals surface area contributed by atoms with E-state index in [1.165, 1.54) is 0 Å². The molecule has 148 valence electrons. The van der Waals surface area contributed by atoms with Crippen molar-refractivity contribution in [3.63, 3.8) is 0 Å². The number of ketones is 1. The molecular weight excluding hydrogens is 364 g/mol. The second-order valence-corrected chi connectivity index (χ2v) is 6.88. The summed E-state index contributed by atoms with van der Waals surface area (Å²) in [6.07, 6.45) is -0.450. The second-order valence-electron chi connectivity index (χ2n) is 6.88. The molecule has 0 bridgehead atoms. The van der Waals surface area contributed by atoms with Crippen LogP contribution in [0.1, 0.15) is 46.3 Å². The van der Waals surface area contributed by atoms with Crippen LogP contribution < -0.4 is 0 Å². The number of aliphatic hydroxyl groups excluding tert-OH is 1. The van der Waals surface area contributed by atoms with E-state index < -0.39 is 12.1 Å². The van der Waals surface area contributed by atoms with Crippen LogP contribution in [0.5, 0.6) is 0 Å². The van der Waals surface area contributed by atoms with Crippen LogP contribution in [0.3, 0.4) is 0 Å². The predicted octanol–water partition coefficient (Wildman–Crippen LogP) is 4.71. The number of hydrogen-bond acceptors (Lipinski definition) is 4. The van der Waals surface area contributed by atoms with Gasteiger partial charge in [0.05, 0.1) is 13.0 Å². The molecule has 2 atom stereocenters. The topological polar surface area (TPSA) is 63.6 Å². The zero-order valence-electron chi connectivity index (χ0n) is 16.1. The lowest BCUT2D eigenvalue weighted by molar-refractivity contribution is -0.152. The summed E-state index contributed by atoms with van der Waals surface area (Å²) >= 11 is 0. The molecule has 29 heavy (non-hydrogen) atoms. The van der Waals surface area contributed by atoms with Crippen LogP contribution >= 0.6 is 0 Å². The average Bonchev–Trinajstić information content (AvgIpc) is 2.78. The minimum atomic E-state index is -0.718. The van der Waals surface area contributed by atoms with Crippen molar-refractivity contribution in [3.8, 4) is 0 Å². The molecule has 0 fully saturated rings. The number of benzene rings is 3. The van der Waals surface area contributed by atoms with Gasteiger partial charge in [0, 0.05) is 17.9 Å². The summed E-state index contributed by atoms with van der Waals surface area (Å²) in [6.45, 7) is -0.297. The van der Waals surface area contributed by atoms with Gasteiger partial charge >= 0.3 is 5.97 Å². The Kier molecular flexibility index (Phi) is 7.31. The Labute approximate surface area is 170 Å². The lowest BCUT2D eigenvalue weighted by Crippen LogP contribution is -2.18. The first-order valence-corrected chi connectivity index (χ1v) is 9.66. The maximum absolute atomic E-state index is 12.7. The molecule has 0 aliphatic carbocycles. The van der Waals surface area contributed by atoms with Gasteiger partial charge in [-0.25, -0.2) is 0 Å². The Bertz CT molecular complexity index is 907. The summed E-state index contributed by atoms with van der Waals surface area (Å²) in [5.41, 5.74) is 2.27. The Morgan fingerprint density at radius 2 is 1.24 bits per heavy atom. The van der Waals surface area contributed by atoms with E-state index >= 15 is 0 Å². The van der Waals surface area contributed by atoms with Crippen LogP contribution in [-0.2, 0) is 9.53 Å². The summed E-state index contributed by atoms with van der Waals surface area (Å²) < 4.78 is 5.52. The van der Waals surface area contributed by atoms with Gasteiger partial charge in [-0.1, -0.05) is 91.0 Å². The number of ether oxygens (including phenoxy) is 1. The van der Waals surface area contributed by atoms with Crippen molar-refractivity contribution in [3.05, 3.63) is 108 Å². The number of rotatable bonds is 9. The first-order chi connectivity index (χ1) is 14.2. The fourth-order valence-electron chi connectivity index (χ4n) is 3.29. The molecule has 3 rings (SSSR count). The van der Waals surface area contributed by atoms with Gasteiger partial charge in [0.25, 0.3) is 0 Å². The van der Waals surface area contributed by atoms with E-state index in [0.717, 1.165) is 11.1 Å². The third kappa shape index (κ3) is 5.87. The van der Waals surface area contributed by atoms with Gasteiger partial charge in [-0.15, -0.1) is 0 Å². The third-order valence-corrected chi connectivity index (χ3v) is 4.82. The monoisotopic (exact) mass is 388 g/mol. The van der Waals surface area contributed by atoms with E-state index in [1.54, 1.807) is 12.1 Å². The summed E-state index contributed by atoms with van der Waals surface area (Å²) in [5, 5.41) is 9.64. The Hall–Kier alpha value is -3.24. The van der Waals surface area contributed by atoms with E-state index in [9.17, 15) is 14.7 Å². The first kappa shape index (κ1) is 20.5. The highest BCUT2D eigenvalue weighted by molar-refractivity contribution is 5.96. The maximum Gasteiger partial charge on any atom is 0.307 e. The molecule has 3 aromatic rings. The van der Waals surface area contributed by atoms with Crippen LogP contribution in [0.15, 0.2) is 91.0 Å². The first-order valence-electron chi connectivity index (χ1n) is 9.66. The van der Waals surface area contributed by atoms with Gasteiger partial charge in [0.15, 0.2) is 5.78 Å². The smallest absolute Gasteiger partial charge is 0.307 e. The molecule has 0 aromatic heterocycles. The van der Waals surface area contributed by atoms with Crippen molar-refractivity contribution in [1.82, 2.24) is 0 Å². The Balaban J connectivity index is 1.72. The quantitative estimate of drug-likeness (QED) is 0.426. The lowest BCUT2D eigenvalue weighted by Gasteiger charge is -2.20. The summed E-state index contributed by atoms with van der Waals surface area (Å²) in [5.74, 6) is -0.761. The standard InChI is InChI=1S/C25H24O4/c26-18-24(21-14-8-3-9-15-21)29-25(28)17-22(19-10-4-1-5-11-19)16-23(27)20-12-6-2-7-13-20/h1-15,22,24,26H,16-18H2/t22-,24-/m0/s1. The zero-order chi connectivity index (χ0) is 20.5. The second kappa shape index (κ2) is 10.3. The largest absolute Gasteiger partial charge is 0.455 e. The van der Waals surface area contributed by atoms with Gasteiger partial charge in [-0.2, -0.15) is 0 Å². The molecule has 0 saturated carbocycles. The normalized spacial score (nSPS) is 12.7. The van der Waals surface area contributed by atoms with Gasteiger partial charge in [0.2, 0.25) is 0 Å². The Morgan fingerprint density at radius 3 is 1.79 bits per heavy atom. The van der Waals surface area contributed by atoms with Gasteiger partial charge < -0.3 is 9.84 Å². The fraction of sp³-hybridized carbons (Fsp3) is 0.200. The van der Waals surface area contributed by atoms with Gasteiger partial charge in [-0.05, 0) is 11.1 Å². The van der Waals surface area contributed by atoms with Crippen molar-refractivity contribution in [1.29, 1.82) is 0 Å². The fourth-order valence-corrected chi connectivity index (χ4v) is 3.29. The molecule has 0 heterocycles. The highest BCUT2D eigenvalue weighted by Crippen LogP contribution is 2.27. The molecule has 1 N–H and O–H groups in total. The number of Topliss-reactive ketones (excluding diaryl/α,β-unsaturated/α-hetero) is 1. The molecule has 0 radical (unpaired) electrons. The molecule has 0 aliphatic rings. The SMILES string of the molecule is O=C(C[C@H](CC(=O)c1ccccc1)c1ccccc1)O[C@@H](CO)c1ccccc1. The average molecular weight is 388 g/mol. The minimum absolute atomic E-state index is 0.0194. The summed E-state index contributed by atoms with van der Waals surface area (Å²) in [7, 11) is 0. The molecule has 0 spiro atoms. The Morgan fingerprint density at radius 1 is 0.724 bits per heavy atom. The molecule has 3 aromatic carbocycles. The van der Waals surface area contributed by atoms with Crippen molar-refractivity contribution >= 4 is 11.8 Å². The predicted molar refractivity (Wildman–Crippen MR) is 112 cm³/mol. The number of carbonyl (C=O) groups excluding carboxylic acids is 2. The van der Waals surface area contributed by atoms with Crippen molar-refractivity contribution in [2.45, 2.75) is 24.9 Å². The molecular formula is C25H24O4. The highest BCUT2D eigenvalue weighted by Gasteiger charge is 2.23. The van der Waals surface area contributed by atoms with Gasteiger partial charge in [-0.3, -0.25) is 9.59 Å². The van der Waals surface area contributed by atoms with Crippen molar-refractivity contribution < 1.29 is 19.4 Å². The third-order valence-electron chi connectivity index (χ3n) is 4.82. The van der Waals surface area contributed by atoms with Crippen molar-refractivity contribution in [2.24, 2.45) is 0 Å². The van der Waals surface area contributed by atoms with E-state index in [1.807, 2.05) is 78.9 Å². The van der Waals surface area contributed by atoms with E-state index in [2.05, 4.69) is 0 Å². The van der Waals surface area contributed by atoms with Crippen molar-refractivity contribution in [2.75, 3.05) is 6.61 Å². The van der Waals surface area contributed by atoms with Crippen LogP contribution in [0.4, 0.5) is 0 Å². The van der Waals surface area contributed by atoms with E-state index in [0.29, 0.717) is 5.56 Å². The number of aliphatic hydroxyl groups is 1. The molecule has 4 heteroatoms. The summed E-state index contributed by atoms with van der Waals surface area (Å²) in [6, 6.07) is 27.7. The van der Waals surface area contributed by atoms with E-state index in [4.69, 9.17) is 4.74 Å². The molecule has 0 aliphatic heterocycles. The molecule has 0 saturated heterocycles. The zero-order valence-corrected chi connectivity index (χ0v) is 16.1. The van der Waals surface area contributed by atoms with Crippen LogP contribution in [0.25, 0.3) is 0 Å². The minimum Gasteiger partial charge on any atom is -0.455 e. The van der Waals surface area contributed by atoms with E-state index in [-0.39, 0.29) is 31.1 Å². The number of esters is 1. The number of hydrogen-bond donors (Lipinski definition) is 1. The number of carbonyl (C=O) groups is 2. The molecule has 0 unspecified atom stereocenters. The van der Waals surface area contributed by atoms with Gasteiger partial charge in [0.1, 0.15) is 6.10 Å². The molecule has 4 nitrogen and oxygen atoms in total. The van der Waals surface area contributed by atoms with Crippen LogP contribution in [0.2, 0.25) is 0 Å².